The van der Waals surface area contributed by atoms with Gasteiger partial charge in [0, 0.05) is 24.7 Å². The summed E-state index contributed by atoms with van der Waals surface area (Å²) in [7, 11) is 1.96. The molecule has 2 aliphatic rings. The summed E-state index contributed by atoms with van der Waals surface area (Å²) in [6.45, 7) is 4.02. The van der Waals surface area contributed by atoms with Gasteiger partial charge in [0.05, 0.1) is 11.3 Å². The zero-order valence-electron chi connectivity index (χ0n) is 17.4. The van der Waals surface area contributed by atoms with Crippen LogP contribution in [-0.2, 0) is 11.8 Å². The largest absolute Gasteiger partial charge is 0.327 e. The highest BCUT2D eigenvalue weighted by atomic mass is 32.2. The van der Waals surface area contributed by atoms with Gasteiger partial charge in [-0.05, 0) is 45.1 Å². The van der Waals surface area contributed by atoms with Crippen molar-refractivity contribution in [1.82, 2.24) is 19.3 Å². The maximum Gasteiger partial charge on any atom is 0.235 e. The minimum atomic E-state index is -0.114. The van der Waals surface area contributed by atoms with E-state index in [0.29, 0.717) is 23.3 Å². The Bertz CT molecular complexity index is 959. The first-order valence-electron chi connectivity index (χ1n) is 10.4. The minimum absolute atomic E-state index is 0.114. The molecule has 2 fully saturated rings. The van der Waals surface area contributed by atoms with Gasteiger partial charge in [0.1, 0.15) is 17.7 Å². The molecule has 2 heterocycles. The van der Waals surface area contributed by atoms with Crippen LogP contribution in [0.5, 0.6) is 0 Å². The number of anilines is 1. The number of nitrogens with zero attached hydrogens (tertiary/aromatic N) is 5. The predicted molar refractivity (Wildman–Crippen MR) is 113 cm³/mol. The Kier molecular flexibility index (Phi) is 5.68. The van der Waals surface area contributed by atoms with Crippen molar-refractivity contribution < 1.29 is 4.79 Å². The van der Waals surface area contributed by atoms with Gasteiger partial charge in [-0.15, -0.1) is 10.2 Å². The molecule has 0 bridgehead atoms. The standard InChI is InChI=1S/C21H28N6OS/c1-13-14(2)27(16-7-5-4-6-8-16)20(17(13)11-22)23-18(28)12-29-21-25-24-19(26(21)3)15-9-10-15/h15-16H,4-10,12H2,1-3H3,(H,23,28). The van der Waals surface area contributed by atoms with Crippen molar-refractivity contribution in [2.24, 2.45) is 7.05 Å². The van der Waals surface area contributed by atoms with Crippen molar-refractivity contribution >= 4 is 23.5 Å². The van der Waals surface area contributed by atoms with Crippen LogP contribution < -0.4 is 5.32 Å². The molecule has 0 aromatic carbocycles. The molecule has 1 N–H and O–H groups in total. The number of thioether (sulfide) groups is 1. The SMILES string of the molecule is Cc1c(C#N)c(NC(=O)CSc2nnc(C3CC3)n2C)n(C2CCCCC2)c1C. The number of carbonyl (C=O) groups is 1. The van der Waals surface area contributed by atoms with Crippen LogP contribution in [0.3, 0.4) is 0 Å². The van der Waals surface area contributed by atoms with Crippen LogP contribution in [0.15, 0.2) is 5.16 Å². The molecule has 154 valence electrons. The lowest BCUT2D eigenvalue weighted by atomic mass is 9.95. The lowest BCUT2D eigenvalue weighted by molar-refractivity contribution is -0.113. The second kappa shape index (κ2) is 8.23. The smallest absolute Gasteiger partial charge is 0.235 e. The fourth-order valence-corrected chi connectivity index (χ4v) is 5.05. The third kappa shape index (κ3) is 3.93. The van der Waals surface area contributed by atoms with Gasteiger partial charge in [-0.3, -0.25) is 4.79 Å². The molecule has 2 aliphatic carbocycles. The number of nitriles is 1. The highest BCUT2D eigenvalue weighted by molar-refractivity contribution is 7.99. The van der Waals surface area contributed by atoms with E-state index in [1.54, 1.807) is 0 Å². The van der Waals surface area contributed by atoms with Crippen LogP contribution in [0, 0.1) is 25.2 Å². The average Bonchev–Trinajstić information content (AvgIpc) is 3.45. The molecule has 0 spiro atoms. The van der Waals surface area contributed by atoms with E-state index in [9.17, 15) is 10.1 Å². The molecule has 0 atom stereocenters. The van der Waals surface area contributed by atoms with Gasteiger partial charge in [-0.1, -0.05) is 31.0 Å². The molecular weight excluding hydrogens is 384 g/mol. The number of amides is 1. The van der Waals surface area contributed by atoms with Gasteiger partial charge >= 0.3 is 0 Å². The number of carbonyl (C=O) groups excluding carboxylic acids is 1. The first-order chi connectivity index (χ1) is 14.0. The summed E-state index contributed by atoms with van der Waals surface area (Å²) in [5.74, 6) is 2.33. The van der Waals surface area contributed by atoms with E-state index in [2.05, 4.69) is 26.2 Å². The van der Waals surface area contributed by atoms with Crippen molar-refractivity contribution in [3.8, 4) is 6.07 Å². The number of rotatable bonds is 6. The third-order valence-electron chi connectivity index (χ3n) is 6.21. The van der Waals surface area contributed by atoms with Crippen molar-refractivity contribution in [3.05, 3.63) is 22.6 Å². The molecule has 0 radical (unpaired) electrons. The highest BCUT2D eigenvalue weighted by Gasteiger charge is 2.30. The third-order valence-corrected chi connectivity index (χ3v) is 7.23. The van der Waals surface area contributed by atoms with Gasteiger partial charge in [0.2, 0.25) is 5.91 Å². The van der Waals surface area contributed by atoms with E-state index in [-0.39, 0.29) is 11.7 Å². The zero-order valence-corrected chi connectivity index (χ0v) is 18.2. The first-order valence-corrected chi connectivity index (χ1v) is 11.4. The normalized spacial score (nSPS) is 17.3. The maximum absolute atomic E-state index is 12.8. The van der Waals surface area contributed by atoms with E-state index in [0.717, 1.165) is 35.1 Å². The van der Waals surface area contributed by atoms with Crippen molar-refractivity contribution in [2.45, 2.75) is 75.9 Å². The molecule has 4 rings (SSSR count). The molecular formula is C21H28N6OS. The predicted octanol–water partition coefficient (Wildman–Crippen LogP) is 4.22. The molecule has 0 unspecified atom stereocenters. The fraction of sp³-hybridized carbons (Fsp3) is 0.619. The van der Waals surface area contributed by atoms with E-state index in [1.165, 1.54) is 43.9 Å². The molecule has 2 aromatic rings. The zero-order chi connectivity index (χ0) is 20.5. The van der Waals surface area contributed by atoms with Gasteiger partial charge in [-0.25, -0.2) is 0 Å². The lowest BCUT2D eigenvalue weighted by Gasteiger charge is -2.27. The minimum Gasteiger partial charge on any atom is -0.327 e. The van der Waals surface area contributed by atoms with Crippen LogP contribution in [0.2, 0.25) is 0 Å². The van der Waals surface area contributed by atoms with Crippen LogP contribution >= 0.6 is 11.8 Å². The summed E-state index contributed by atoms with van der Waals surface area (Å²) < 4.78 is 4.19. The molecule has 1 amide bonds. The highest BCUT2D eigenvalue weighted by Crippen LogP contribution is 2.40. The number of hydrogen-bond donors (Lipinski definition) is 1. The molecule has 2 saturated carbocycles. The summed E-state index contributed by atoms with van der Waals surface area (Å²) in [6, 6.07) is 2.66. The van der Waals surface area contributed by atoms with Crippen LogP contribution in [0.25, 0.3) is 0 Å². The second-order valence-electron chi connectivity index (χ2n) is 8.22. The van der Waals surface area contributed by atoms with Crippen LogP contribution in [-0.4, -0.2) is 31.0 Å². The van der Waals surface area contributed by atoms with Gasteiger partial charge in [-0.2, -0.15) is 5.26 Å². The Balaban J connectivity index is 1.50. The Labute approximate surface area is 175 Å². The van der Waals surface area contributed by atoms with E-state index in [1.807, 2.05) is 25.5 Å². The lowest BCUT2D eigenvalue weighted by Crippen LogP contribution is -2.22. The number of hydrogen-bond acceptors (Lipinski definition) is 5. The molecule has 0 aliphatic heterocycles. The molecule has 8 heteroatoms. The Morgan fingerprint density at radius 3 is 2.59 bits per heavy atom. The summed E-state index contributed by atoms with van der Waals surface area (Å²) in [5.41, 5.74) is 2.63. The van der Waals surface area contributed by atoms with Gasteiger partial charge in [0.25, 0.3) is 0 Å². The van der Waals surface area contributed by atoms with E-state index < -0.39 is 0 Å². The summed E-state index contributed by atoms with van der Waals surface area (Å²) in [4.78, 5) is 12.8. The van der Waals surface area contributed by atoms with Gasteiger partial charge in [0.15, 0.2) is 5.16 Å². The monoisotopic (exact) mass is 412 g/mol. The molecule has 2 aromatic heterocycles. The Morgan fingerprint density at radius 1 is 1.21 bits per heavy atom. The van der Waals surface area contributed by atoms with E-state index in [4.69, 9.17) is 0 Å². The topological polar surface area (TPSA) is 88.5 Å². The number of aromatic nitrogens is 4. The quantitative estimate of drug-likeness (QED) is 0.718. The first kappa shape index (κ1) is 20.0. The summed E-state index contributed by atoms with van der Waals surface area (Å²) in [6.07, 6.45) is 8.19. The van der Waals surface area contributed by atoms with E-state index >= 15 is 0 Å². The van der Waals surface area contributed by atoms with Crippen LogP contribution in [0.1, 0.15) is 79.6 Å². The number of nitrogens with one attached hydrogen (secondary N) is 1. The van der Waals surface area contributed by atoms with Gasteiger partial charge < -0.3 is 14.5 Å². The van der Waals surface area contributed by atoms with Crippen molar-refractivity contribution in [2.75, 3.05) is 11.1 Å². The van der Waals surface area contributed by atoms with Crippen LogP contribution in [0.4, 0.5) is 5.82 Å². The maximum atomic E-state index is 12.8. The molecule has 29 heavy (non-hydrogen) atoms. The summed E-state index contributed by atoms with van der Waals surface area (Å²) in [5, 5.41) is 22.0. The second-order valence-corrected chi connectivity index (χ2v) is 9.16. The summed E-state index contributed by atoms with van der Waals surface area (Å²) >= 11 is 1.39. The Morgan fingerprint density at radius 2 is 1.93 bits per heavy atom. The van der Waals surface area contributed by atoms with Crippen molar-refractivity contribution in [3.63, 3.8) is 0 Å². The van der Waals surface area contributed by atoms with Crippen molar-refractivity contribution in [1.29, 1.82) is 5.26 Å². The Hall–Kier alpha value is -2.27. The average molecular weight is 413 g/mol. The molecule has 0 saturated heterocycles. The fourth-order valence-electron chi connectivity index (χ4n) is 4.33. The molecule has 7 nitrogen and oxygen atoms in total.